The Kier molecular flexibility index (Phi) is 2.19. The summed E-state index contributed by atoms with van der Waals surface area (Å²) in [7, 11) is 0. The first-order chi connectivity index (χ1) is 5.46. The van der Waals surface area contributed by atoms with Gasteiger partial charge < -0.3 is 5.73 Å². The van der Waals surface area contributed by atoms with Crippen molar-refractivity contribution in [3.8, 4) is 0 Å². The second-order valence-electron chi connectivity index (χ2n) is 3.75. The zero-order valence-electron chi connectivity index (χ0n) is 7.63. The molecule has 12 heavy (non-hydrogen) atoms. The summed E-state index contributed by atoms with van der Waals surface area (Å²) in [4.78, 5) is 0. The van der Waals surface area contributed by atoms with E-state index in [1.165, 1.54) is 10.9 Å². The van der Waals surface area contributed by atoms with Crippen LogP contribution in [0.5, 0.6) is 0 Å². The molecule has 0 aromatic carbocycles. The van der Waals surface area contributed by atoms with Crippen molar-refractivity contribution in [2.24, 2.45) is 5.73 Å². The van der Waals surface area contributed by atoms with Gasteiger partial charge in [0.2, 0.25) is 5.95 Å². The van der Waals surface area contributed by atoms with Crippen molar-refractivity contribution < 1.29 is 4.39 Å². The van der Waals surface area contributed by atoms with Crippen LogP contribution in [0.3, 0.4) is 0 Å². The first kappa shape index (κ1) is 9.19. The molecular weight excluding hydrogens is 157 g/mol. The number of rotatable bonds is 1. The van der Waals surface area contributed by atoms with E-state index >= 15 is 0 Å². The lowest BCUT2D eigenvalue weighted by molar-refractivity contribution is 0.298. The number of halogens is 1. The molecular formula is C8H14FN3. The van der Waals surface area contributed by atoms with Gasteiger partial charge in [-0.2, -0.15) is 9.49 Å². The fraction of sp³-hybridized carbons (Fsp3) is 0.625. The van der Waals surface area contributed by atoms with Gasteiger partial charge in [-0.25, -0.2) is 4.68 Å². The second kappa shape index (κ2) is 2.86. The topological polar surface area (TPSA) is 43.8 Å². The fourth-order valence-corrected chi connectivity index (χ4v) is 0.972. The summed E-state index contributed by atoms with van der Waals surface area (Å²) in [6, 6.07) is 0. The molecule has 0 amide bonds. The Balaban J connectivity index is 3.11. The minimum Gasteiger partial charge on any atom is -0.326 e. The zero-order valence-corrected chi connectivity index (χ0v) is 7.63. The van der Waals surface area contributed by atoms with Crippen LogP contribution in [0.25, 0.3) is 0 Å². The third-order valence-electron chi connectivity index (χ3n) is 1.64. The van der Waals surface area contributed by atoms with Gasteiger partial charge in [-0.05, 0) is 20.8 Å². The number of nitrogens with zero attached hydrogens (tertiary/aromatic N) is 2. The summed E-state index contributed by atoms with van der Waals surface area (Å²) in [5, 5.41) is 3.92. The van der Waals surface area contributed by atoms with Crippen LogP contribution in [-0.2, 0) is 12.1 Å². The van der Waals surface area contributed by atoms with E-state index in [1.54, 1.807) is 0 Å². The van der Waals surface area contributed by atoms with E-state index in [0.29, 0.717) is 5.56 Å². The summed E-state index contributed by atoms with van der Waals surface area (Å²) in [6.07, 6.45) is 1.47. The number of aromatic nitrogens is 2. The van der Waals surface area contributed by atoms with E-state index in [0.717, 1.165) is 0 Å². The SMILES string of the molecule is CC(C)(C)n1ncc(CN)c1F. The normalized spacial score (nSPS) is 12.1. The molecule has 1 rings (SSSR count). The maximum Gasteiger partial charge on any atom is 0.216 e. The van der Waals surface area contributed by atoms with Gasteiger partial charge in [-0.15, -0.1) is 0 Å². The molecule has 0 aliphatic carbocycles. The summed E-state index contributed by atoms with van der Waals surface area (Å²) in [6.45, 7) is 5.87. The Morgan fingerprint density at radius 2 is 2.17 bits per heavy atom. The van der Waals surface area contributed by atoms with E-state index in [1.807, 2.05) is 20.8 Å². The smallest absolute Gasteiger partial charge is 0.216 e. The lowest BCUT2D eigenvalue weighted by atomic mass is 10.1. The van der Waals surface area contributed by atoms with Crippen LogP contribution < -0.4 is 5.73 Å². The highest BCUT2D eigenvalue weighted by Gasteiger charge is 2.19. The van der Waals surface area contributed by atoms with Crippen LogP contribution >= 0.6 is 0 Å². The molecule has 4 heteroatoms. The quantitative estimate of drug-likeness (QED) is 0.690. The lowest BCUT2D eigenvalue weighted by Crippen LogP contribution is -2.25. The van der Waals surface area contributed by atoms with Crippen molar-refractivity contribution >= 4 is 0 Å². The van der Waals surface area contributed by atoms with Gasteiger partial charge in [-0.1, -0.05) is 0 Å². The van der Waals surface area contributed by atoms with Crippen molar-refractivity contribution in [2.45, 2.75) is 32.9 Å². The van der Waals surface area contributed by atoms with Crippen LogP contribution in [0, 0.1) is 5.95 Å². The molecule has 1 aromatic rings. The highest BCUT2D eigenvalue weighted by atomic mass is 19.1. The summed E-state index contributed by atoms with van der Waals surface area (Å²) < 4.78 is 14.7. The third-order valence-corrected chi connectivity index (χ3v) is 1.64. The fourth-order valence-electron chi connectivity index (χ4n) is 0.972. The van der Waals surface area contributed by atoms with E-state index < -0.39 is 0 Å². The Morgan fingerprint density at radius 1 is 1.58 bits per heavy atom. The van der Waals surface area contributed by atoms with Crippen molar-refractivity contribution in [3.05, 3.63) is 17.7 Å². The van der Waals surface area contributed by atoms with Crippen LogP contribution in [0.2, 0.25) is 0 Å². The second-order valence-corrected chi connectivity index (χ2v) is 3.75. The Bertz CT molecular complexity index is 272. The number of hydrogen-bond acceptors (Lipinski definition) is 2. The number of nitrogens with two attached hydrogens (primary N) is 1. The van der Waals surface area contributed by atoms with Gasteiger partial charge in [0.1, 0.15) is 0 Å². The van der Waals surface area contributed by atoms with Crippen LogP contribution in [-0.4, -0.2) is 9.78 Å². The molecule has 1 heterocycles. The molecule has 2 N–H and O–H groups in total. The maximum absolute atomic E-state index is 13.3. The minimum absolute atomic E-state index is 0.196. The number of hydrogen-bond donors (Lipinski definition) is 1. The van der Waals surface area contributed by atoms with Gasteiger partial charge in [0.05, 0.1) is 11.7 Å². The monoisotopic (exact) mass is 171 g/mol. The largest absolute Gasteiger partial charge is 0.326 e. The van der Waals surface area contributed by atoms with Gasteiger partial charge >= 0.3 is 0 Å². The van der Waals surface area contributed by atoms with Crippen LogP contribution in [0.15, 0.2) is 6.20 Å². The van der Waals surface area contributed by atoms with E-state index in [-0.39, 0.29) is 18.0 Å². The summed E-state index contributed by atoms with van der Waals surface area (Å²) >= 11 is 0. The molecule has 3 nitrogen and oxygen atoms in total. The van der Waals surface area contributed by atoms with E-state index in [2.05, 4.69) is 5.10 Å². The first-order valence-electron chi connectivity index (χ1n) is 3.89. The van der Waals surface area contributed by atoms with Crippen molar-refractivity contribution in [3.63, 3.8) is 0 Å². The molecule has 0 aliphatic heterocycles. The Morgan fingerprint density at radius 3 is 2.42 bits per heavy atom. The molecule has 68 valence electrons. The molecule has 0 bridgehead atoms. The molecule has 0 radical (unpaired) electrons. The average molecular weight is 171 g/mol. The Labute approximate surface area is 71.4 Å². The molecule has 0 spiro atoms. The minimum atomic E-state index is -0.329. The summed E-state index contributed by atoms with van der Waals surface area (Å²) in [5.74, 6) is -0.329. The van der Waals surface area contributed by atoms with Crippen LogP contribution in [0.1, 0.15) is 26.3 Å². The lowest BCUT2D eigenvalue weighted by Gasteiger charge is -2.19. The molecule has 0 saturated carbocycles. The molecule has 0 fully saturated rings. The van der Waals surface area contributed by atoms with Gasteiger partial charge in [0.25, 0.3) is 0 Å². The van der Waals surface area contributed by atoms with Gasteiger partial charge in [0, 0.05) is 12.1 Å². The van der Waals surface area contributed by atoms with Crippen LogP contribution in [0.4, 0.5) is 4.39 Å². The molecule has 0 atom stereocenters. The van der Waals surface area contributed by atoms with Gasteiger partial charge in [-0.3, -0.25) is 0 Å². The zero-order chi connectivity index (χ0) is 9.35. The van der Waals surface area contributed by atoms with Crippen molar-refractivity contribution in [2.75, 3.05) is 0 Å². The van der Waals surface area contributed by atoms with E-state index in [4.69, 9.17) is 5.73 Å². The maximum atomic E-state index is 13.3. The molecule has 0 unspecified atom stereocenters. The molecule has 1 aromatic heterocycles. The predicted molar refractivity (Wildman–Crippen MR) is 45.1 cm³/mol. The molecule has 0 aliphatic rings. The van der Waals surface area contributed by atoms with Gasteiger partial charge in [0.15, 0.2) is 0 Å². The van der Waals surface area contributed by atoms with E-state index in [9.17, 15) is 4.39 Å². The van der Waals surface area contributed by atoms with Crippen molar-refractivity contribution in [1.82, 2.24) is 9.78 Å². The third kappa shape index (κ3) is 1.48. The Hall–Kier alpha value is -0.900. The predicted octanol–water partition coefficient (Wildman–Crippen LogP) is 1.24. The molecule has 0 saturated heterocycles. The highest BCUT2D eigenvalue weighted by Crippen LogP contribution is 2.16. The highest BCUT2D eigenvalue weighted by molar-refractivity contribution is 5.07. The average Bonchev–Trinajstić information content (AvgIpc) is 2.29. The summed E-state index contributed by atoms with van der Waals surface area (Å²) in [5.41, 5.74) is 5.45. The van der Waals surface area contributed by atoms with Crippen molar-refractivity contribution in [1.29, 1.82) is 0 Å². The first-order valence-corrected chi connectivity index (χ1v) is 3.89. The standard InChI is InChI=1S/C8H14FN3/c1-8(2,3)12-7(9)6(4-10)5-11-12/h5H,4,10H2,1-3H3.